The number of carbonyl (C=O) groups excluding carboxylic acids is 2. The average Bonchev–Trinajstić information content (AvgIpc) is 2.97. The SMILES string of the molecule is CCOC(=O)c1c(C)oc2ccc(N(C(C)=O)S(=O)(=O)c3ccc(Cl)cc3)cc12. The maximum absolute atomic E-state index is 13.1. The fourth-order valence-electron chi connectivity index (χ4n) is 2.99. The van der Waals surface area contributed by atoms with Crippen LogP contribution in [0.1, 0.15) is 30.0 Å². The number of ether oxygens (including phenoxy) is 1. The second-order valence-corrected chi connectivity index (χ2v) is 8.40. The molecular weight excluding hydrogens is 418 g/mol. The first kappa shape index (κ1) is 20.9. The summed E-state index contributed by atoms with van der Waals surface area (Å²) in [6, 6.07) is 9.86. The average molecular weight is 436 g/mol. The minimum atomic E-state index is -4.20. The number of hydrogen-bond acceptors (Lipinski definition) is 6. The Balaban J connectivity index is 2.17. The molecule has 7 nitrogen and oxygen atoms in total. The van der Waals surface area contributed by atoms with Gasteiger partial charge in [-0.25, -0.2) is 17.5 Å². The minimum Gasteiger partial charge on any atom is -0.462 e. The van der Waals surface area contributed by atoms with E-state index in [9.17, 15) is 18.0 Å². The van der Waals surface area contributed by atoms with E-state index in [1.807, 2.05) is 0 Å². The van der Waals surface area contributed by atoms with Crippen molar-refractivity contribution >= 4 is 50.2 Å². The number of furan rings is 1. The molecule has 0 atom stereocenters. The molecule has 1 aromatic heterocycles. The Morgan fingerprint density at radius 1 is 1.14 bits per heavy atom. The van der Waals surface area contributed by atoms with Gasteiger partial charge in [0.2, 0.25) is 5.91 Å². The number of benzene rings is 2. The van der Waals surface area contributed by atoms with E-state index in [4.69, 9.17) is 20.8 Å². The summed E-state index contributed by atoms with van der Waals surface area (Å²) in [5.41, 5.74) is 0.643. The molecule has 1 heterocycles. The number of aryl methyl sites for hydroxylation is 1. The van der Waals surface area contributed by atoms with Gasteiger partial charge in [0.15, 0.2) is 0 Å². The molecule has 1 amide bonds. The van der Waals surface area contributed by atoms with Gasteiger partial charge in [0.1, 0.15) is 16.9 Å². The highest BCUT2D eigenvalue weighted by Gasteiger charge is 2.30. The lowest BCUT2D eigenvalue weighted by atomic mass is 10.1. The number of anilines is 1. The Bertz CT molecular complexity index is 1200. The summed E-state index contributed by atoms with van der Waals surface area (Å²) in [7, 11) is -4.20. The molecule has 3 rings (SSSR count). The number of esters is 1. The van der Waals surface area contributed by atoms with Crippen molar-refractivity contribution in [3.8, 4) is 0 Å². The van der Waals surface area contributed by atoms with Gasteiger partial charge in [0.25, 0.3) is 10.0 Å². The van der Waals surface area contributed by atoms with Gasteiger partial charge in [-0.3, -0.25) is 4.79 Å². The van der Waals surface area contributed by atoms with Crippen LogP contribution in [0, 0.1) is 6.92 Å². The van der Waals surface area contributed by atoms with Crippen molar-refractivity contribution in [3.63, 3.8) is 0 Å². The van der Waals surface area contributed by atoms with E-state index in [-0.39, 0.29) is 22.8 Å². The Labute approximate surface area is 172 Å². The summed E-state index contributed by atoms with van der Waals surface area (Å²) in [6.45, 7) is 4.61. The highest BCUT2D eigenvalue weighted by atomic mass is 35.5. The molecule has 0 spiro atoms. The minimum absolute atomic E-state index is 0.0753. The van der Waals surface area contributed by atoms with Crippen LogP contribution in [0.2, 0.25) is 5.02 Å². The van der Waals surface area contributed by atoms with Crippen molar-refractivity contribution in [2.45, 2.75) is 25.7 Å². The van der Waals surface area contributed by atoms with E-state index >= 15 is 0 Å². The van der Waals surface area contributed by atoms with Crippen LogP contribution >= 0.6 is 11.6 Å². The molecule has 0 aliphatic heterocycles. The second kappa shape index (κ2) is 7.88. The highest BCUT2D eigenvalue weighted by molar-refractivity contribution is 7.93. The van der Waals surface area contributed by atoms with Crippen molar-refractivity contribution in [1.82, 2.24) is 0 Å². The van der Waals surface area contributed by atoms with Gasteiger partial charge < -0.3 is 9.15 Å². The van der Waals surface area contributed by atoms with Crippen molar-refractivity contribution in [2.24, 2.45) is 0 Å². The number of hydrogen-bond donors (Lipinski definition) is 0. The smallest absolute Gasteiger partial charge is 0.342 e. The van der Waals surface area contributed by atoms with Crippen LogP contribution in [0.4, 0.5) is 5.69 Å². The summed E-state index contributed by atoms with van der Waals surface area (Å²) in [5.74, 6) is -0.960. The van der Waals surface area contributed by atoms with E-state index in [0.29, 0.717) is 26.1 Å². The molecule has 9 heteroatoms. The molecule has 0 unspecified atom stereocenters. The quantitative estimate of drug-likeness (QED) is 0.554. The summed E-state index contributed by atoms with van der Waals surface area (Å²) < 4.78 is 37.5. The molecule has 0 bridgehead atoms. The lowest BCUT2D eigenvalue weighted by Crippen LogP contribution is -2.35. The van der Waals surface area contributed by atoms with Gasteiger partial charge in [-0.2, -0.15) is 0 Å². The normalized spacial score (nSPS) is 11.4. The van der Waals surface area contributed by atoms with Gasteiger partial charge >= 0.3 is 5.97 Å². The van der Waals surface area contributed by atoms with Gasteiger partial charge in [0, 0.05) is 17.3 Å². The zero-order valence-electron chi connectivity index (χ0n) is 15.9. The van der Waals surface area contributed by atoms with Crippen LogP contribution in [0.15, 0.2) is 51.8 Å². The molecule has 0 aliphatic rings. The number of carbonyl (C=O) groups is 2. The molecule has 29 heavy (non-hydrogen) atoms. The topological polar surface area (TPSA) is 93.9 Å². The zero-order valence-corrected chi connectivity index (χ0v) is 17.5. The number of rotatable bonds is 5. The first-order valence-electron chi connectivity index (χ1n) is 8.68. The maximum atomic E-state index is 13.1. The number of sulfonamides is 1. The van der Waals surface area contributed by atoms with Gasteiger partial charge in [0.05, 0.1) is 17.2 Å². The van der Waals surface area contributed by atoms with E-state index < -0.39 is 21.9 Å². The van der Waals surface area contributed by atoms with Gasteiger partial charge in [-0.05, 0) is 56.3 Å². The largest absolute Gasteiger partial charge is 0.462 e. The molecule has 3 aromatic rings. The summed E-state index contributed by atoms with van der Waals surface area (Å²) in [4.78, 5) is 24.5. The molecule has 0 fully saturated rings. The molecule has 0 aliphatic carbocycles. The molecule has 0 N–H and O–H groups in total. The molecule has 2 aromatic carbocycles. The van der Waals surface area contributed by atoms with Crippen LogP contribution in [-0.2, 0) is 19.6 Å². The van der Waals surface area contributed by atoms with Crippen molar-refractivity contribution in [1.29, 1.82) is 0 Å². The van der Waals surface area contributed by atoms with E-state index in [1.54, 1.807) is 13.8 Å². The predicted octanol–water partition coefficient (Wildman–Crippen LogP) is 4.31. The Morgan fingerprint density at radius 2 is 1.79 bits per heavy atom. The van der Waals surface area contributed by atoms with Crippen molar-refractivity contribution in [3.05, 3.63) is 58.8 Å². The van der Waals surface area contributed by atoms with Crippen LogP contribution in [0.25, 0.3) is 11.0 Å². The first-order valence-corrected chi connectivity index (χ1v) is 10.5. The van der Waals surface area contributed by atoms with Crippen LogP contribution in [0.3, 0.4) is 0 Å². The fourth-order valence-corrected chi connectivity index (χ4v) is 4.54. The Hall–Kier alpha value is -2.84. The first-order chi connectivity index (χ1) is 13.7. The lowest BCUT2D eigenvalue weighted by molar-refractivity contribution is -0.115. The number of halogens is 1. The predicted molar refractivity (Wildman–Crippen MR) is 109 cm³/mol. The van der Waals surface area contributed by atoms with Gasteiger partial charge in [-0.1, -0.05) is 11.6 Å². The monoisotopic (exact) mass is 435 g/mol. The Morgan fingerprint density at radius 3 is 2.38 bits per heavy atom. The standard InChI is InChI=1S/C20H18ClNO6S/c1-4-27-20(24)19-12(2)28-18-10-7-15(11-17(18)19)22(13(3)23)29(25,26)16-8-5-14(21)6-9-16/h5-11H,4H2,1-3H3. The summed E-state index contributed by atoms with van der Waals surface area (Å²) >= 11 is 5.83. The third kappa shape index (κ3) is 3.86. The van der Waals surface area contributed by atoms with Gasteiger partial charge in [-0.15, -0.1) is 0 Å². The van der Waals surface area contributed by atoms with E-state index in [2.05, 4.69) is 0 Å². The Kier molecular flexibility index (Phi) is 5.68. The highest BCUT2D eigenvalue weighted by Crippen LogP contribution is 2.32. The maximum Gasteiger partial charge on any atom is 0.342 e. The third-order valence-corrected chi connectivity index (χ3v) is 6.27. The van der Waals surface area contributed by atoms with E-state index in [1.165, 1.54) is 42.5 Å². The summed E-state index contributed by atoms with van der Waals surface area (Å²) in [5, 5.41) is 0.726. The van der Waals surface area contributed by atoms with Crippen LogP contribution in [-0.4, -0.2) is 26.9 Å². The number of fused-ring (bicyclic) bond motifs is 1. The zero-order chi connectivity index (χ0) is 21.3. The summed E-state index contributed by atoms with van der Waals surface area (Å²) in [6.07, 6.45) is 0. The number of amides is 1. The molecule has 152 valence electrons. The molecule has 0 radical (unpaired) electrons. The second-order valence-electron chi connectivity index (χ2n) is 6.18. The lowest BCUT2D eigenvalue weighted by Gasteiger charge is -2.21. The van der Waals surface area contributed by atoms with Crippen LogP contribution < -0.4 is 4.31 Å². The molecule has 0 saturated carbocycles. The van der Waals surface area contributed by atoms with Crippen molar-refractivity contribution in [2.75, 3.05) is 10.9 Å². The number of nitrogens with zero attached hydrogens (tertiary/aromatic N) is 1. The van der Waals surface area contributed by atoms with Crippen molar-refractivity contribution < 1.29 is 27.2 Å². The third-order valence-electron chi connectivity index (χ3n) is 4.20. The molecular formula is C20H18ClNO6S. The fraction of sp³-hybridized carbons (Fsp3) is 0.200. The van der Waals surface area contributed by atoms with Crippen LogP contribution in [0.5, 0.6) is 0 Å². The molecule has 0 saturated heterocycles. The van der Waals surface area contributed by atoms with E-state index in [0.717, 1.165) is 6.92 Å².